The fourth-order valence-electron chi connectivity index (χ4n) is 2.37. The molecule has 0 bridgehead atoms. The lowest BCUT2D eigenvalue weighted by molar-refractivity contribution is 0.344. The molecule has 0 atom stereocenters. The van der Waals surface area contributed by atoms with Gasteiger partial charge in [0.15, 0.2) is 17.3 Å². The Morgan fingerprint density at radius 1 is 1.04 bits per heavy atom. The predicted molar refractivity (Wildman–Crippen MR) is 109 cm³/mol. The summed E-state index contributed by atoms with van der Waals surface area (Å²) in [7, 11) is 3.18. The summed E-state index contributed by atoms with van der Waals surface area (Å²) in [5.41, 5.74) is 0.792. The van der Waals surface area contributed by atoms with Gasteiger partial charge in [-0.1, -0.05) is 27.7 Å². The number of aromatic nitrogens is 3. The SMILES string of the molecule is COc1ccc(-c2nnc(SCCOc3ccc(Br)cc3)n2N)cc1OC. The van der Waals surface area contributed by atoms with Crippen LogP contribution in [0.2, 0.25) is 0 Å². The first-order valence-electron chi connectivity index (χ1n) is 8.06. The number of nitrogen functional groups attached to an aromatic ring is 1. The molecule has 2 aromatic carbocycles. The van der Waals surface area contributed by atoms with E-state index in [4.69, 9.17) is 20.1 Å². The molecule has 2 N–H and O–H groups in total. The smallest absolute Gasteiger partial charge is 0.210 e. The van der Waals surface area contributed by atoms with Crippen LogP contribution in [-0.2, 0) is 0 Å². The van der Waals surface area contributed by atoms with E-state index in [1.807, 2.05) is 42.5 Å². The van der Waals surface area contributed by atoms with E-state index in [2.05, 4.69) is 26.1 Å². The summed E-state index contributed by atoms with van der Waals surface area (Å²) in [6.07, 6.45) is 0. The third-order valence-electron chi connectivity index (χ3n) is 3.70. The molecule has 0 fully saturated rings. The highest BCUT2D eigenvalue weighted by atomic mass is 79.9. The highest BCUT2D eigenvalue weighted by molar-refractivity contribution is 9.10. The van der Waals surface area contributed by atoms with Gasteiger partial charge in [0.1, 0.15) is 5.75 Å². The molecule has 0 spiro atoms. The Morgan fingerprint density at radius 2 is 1.78 bits per heavy atom. The van der Waals surface area contributed by atoms with E-state index in [1.165, 1.54) is 16.4 Å². The van der Waals surface area contributed by atoms with Crippen LogP contribution < -0.4 is 20.1 Å². The van der Waals surface area contributed by atoms with Crippen LogP contribution in [0.4, 0.5) is 0 Å². The summed E-state index contributed by atoms with van der Waals surface area (Å²) < 4.78 is 18.8. The number of methoxy groups -OCH3 is 2. The molecule has 7 nitrogen and oxygen atoms in total. The third-order valence-corrected chi connectivity index (χ3v) is 5.14. The number of hydrogen-bond donors (Lipinski definition) is 1. The molecule has 3 aromatic rings. The molecule has 0 aliphatic carbocycles. The minimum atomic E-state index is 0.533. The van der Waals surface area contributed by atoms with E-state index in [1.54, 1.807) is 14.2 Å². The molecule has 3 rings (SSSR count). The summed E-state index contributed by atoms with van der Waals surface area (Å²) in [6.45, 7) is 0.533. The Bertz CT molecular complexity index is 902. The molecular weight excluding hydrogens is 432 g/mol. The Hall–Kier alpha value is -2.39. The summed E-state index contributed by atoms with van der Waals surface area (Å²) in [5.74, 6) is 9.47. The molecule has 0 unspecified atom stereocenters. The van der Waals surface area contributed by atoms with E-state index in [0.29, 0.717) is 34.8 Å². The maximum Gasteiger partial charge on any atom is 0.210 e. The van der Waals surface area contributed by atoms with Gasteiger partial charge >= 0.3 is 0 Å². The Kier molecular flexibility index (Phi) is 6.46. The Morgan fingerprint density at radius 3 is 2.48 bits per heavy atom. The van der Waals surface area contributed by atoms with Gasteiger partial charge in [-0.2, -0.15) is 0 Å². The van der Waals surface area contributed by atoms with E-state index in [0.717, 1.165) is 15.8 Å². The molecular formula is C18H19BrN4O3S. The van der Waals surface area contributed by atoms with Crippen molar-refractivity contribution < 1.29 is 14.2 Å². The number of benzene rings is 2. The van der Waals surface area contributed by atoms with Gasteiger partial charge in [-0.25, -0.2) is 4.68 Å². The van der Waals surface area contributed by atoms with Gasteiger partial charge in [0.2, 0.25) is 5.16 Å². The topological polar surface area (TPSA) is 84.4 Å². The number of nitrogens with zero attached hydrogens (tertiary/aromatic N) is 3. The van der Waals surface area contributed by atoms with Crippen LogP contribution in [0.15, 0.2) is 52.1 Å². The quantitative estimate of drug-likeness (QED) is 0.318. The number of thioether (sulfide) groups is 1. The van der Waals surface area contributed by atoms with Crippen molar-refractivity contribution in [2.75, 3.05) is 32.4 Å². The zero-order valence-electron chi connectivity index (χ0n) is 14.9. The first-order chi connectivity index (χ1) is 13.1. The van der Waals surface area contributed by atoms with Crippen LogP contribution >= 0.6 is 27.7 Å². The minimum absolute atomic E-state index is 0.533. The number of ether oxygens (including phenoxy) is 3. The van der Waals surface area contributed by atoms with Crippen molar-refractivity contribution in [1.29, 1.82) is 0 Å². The lowest BCUT2D eigenvalue weighted by atomic mass is 10.2. The summed E-state index contributed by atoms with van der Waals surface area (Å²) in [6, 6.07) is 13.2. The van der Waals surface area contributed by atoms with Gasteiger partial charge in [-0.05, 0) is 42.5 Å². The average molecular weight is 451 g/mol. The van der Waals surface area contributed by atoms with Crippen molar-refractivity contribution in [3.05, 3.63) is 46.9 Å². The lowest BCUT2D eigenvalue weighted by Gasteiger charge is -2.09. The number of halogens is 1. The van der Waals surface area contributed by atoms with Crippen LogP contribution in [0, 0.1) is 0 Å². The number of nitrogens with two attached hydrogens (primary N) is 1. The molecule has 27 heavy (non-hydrogen) atoms. The van der Waals surface area contributed by atoms with Crippen LogP contribution in [0.3, 0.4) is 0 Å². The van der Waals surface area contributed by atoms with Crippen LogP contribution in [0.25, 0.3) is 11.4 Å². The zero-order valence-corrected chi connectivity index (χ0v) is 17.3. The fourth-order valence-corrected chi connectivity index (χ4v) is 3.31. The zero-order chi connectivity index (χ0) is 19.2. The lowest BCUT2D eigenvalue weighted by Crippen LogP contribution is -2.12. The molecule has 0 aliphatic heterocycles. The van der Waals surface area contributed by atoms with Gasteiger partial charge in [-0.15, -0.1) is 10.2 Å². The average Bonchev–Trinajstić information content (AvgIpc) is 3.06. The molecule has 0 saturated carbocycles. The standard InChI is InChI=1S/C18H19BrN4O3S/c1-24-15-8-3-12(11-16(15)25-2)17-21-22-18(23(17)20)27-10-9-26-14-6-4-13(19)5-7-14/h3-8,11H,9-10,20H2,1-2H3. The monoisotopic (exact) mass is 450 g/mol. The second-order valence-corrected chi connectivity index (χ2v) is 7.37. The van der Waals surface area contributed by atoms with Crippen molar-refractivity contribution in [2.24, 2.45) is 0 Å². The van der Waals surface area contributed by atoms with Gasteiger partial charge in [0.05, 0.1) is 20.8 Å². The first kappa shape index (κ1) is 19.4. The normalized spacial score (nSPS) is 10.6. The maximum atomic E-state index is 6.16. The van der Waals surface area contributed by atoms with Gasteiger partial charge < -0.3 is 20.1 Å². The van der Waals surface area contributed by atoms with E-state index in [9.17, 15) is 0 Å². The molecule has 0 radical (unpaired) electrons. The second-order valence-electron chi connectivity index (χ2n) is 5.40. The fraction of sp³-hybridized carbons (Fsp3) is 0.222. The van der Waals surface area contributed by atoms with Crippen LogP contribution in [0.1, 0.15) is 0 Å². The molecule has 0 amide bonds. The molecule has 1 heterocycles. The highest BCUT2D eigenvalue weighted by Gasteiger charge is 2.14. The van der Waals surface area contributed by atoms with Crippen molar-refractivity contribution >= 4 is 27.7 Å². The van der Waals surface area contributed by atoms with Gasteiger partial charge in [0.25, 0.3) is 0 Å². The maximum absolute atomic E-state index is 6.16. The van der Waals surface area contributed by atoms with Crippen molar-refractivity contribution in [3.63, 3.8) is 0 Å². The number of hydrogen-bond acceptors (Lipinski definition) is 7. The molecule has 9 heteroatoms. The van der Waals surface area contributed by atoms with Crippen LogP contribution in [-0.4, -0.2) is 41.5 Å². The summed E-state index contributed by atoms with van der Waals surface area (Å²) in [4.78, 5) is 0. The van der Waals surface area contributed by atoms with Crippen LogP contribution in [0.5, 0.6) is 17.2 Å². The minimum Gasteiger partial charge on any atom is -0.493 e. The second kappa shape index (κ2) is 9.01. The Balaban J connectivity index is 1.62. The van der Waals surface area contributed by atoms with E-state index < -0.39 is 0 Å². The largest absolute Gasteiger partial charge is 0.493 e. The van der Waals surface area contributed by atoms with Crippen molar-refractivity contribution in [1.82, 2.24) is 14.9 Å². The van der Waals surface area contributed by atoms with E-state index >= 15 is 0 Å². The predicted octanol–water partition coefficient (Wildman–Crippen LogP) is 3.61. The summed E-state index contributed by atoms with van der Waals surface area (Å²) in [5, 5.41) is 8.96. The highest BCUT2D eigenvalue weighted by Crippen LogP contribution is 2.32. The first-order valence-corrected chi connectivity index (χ1v) is 9.84. The molecule has 142 valence electrons. The van der Waals surface area contributed by atoms with Crippen molar-refractivity contribution in [3.8, 4) is 28.6 Å². The summed E-state index contributed by atoms with van der Waals surface area (Å²) >= 11 is 4.87. The Labute approximate surface area is 169 Å². The van der Waals surface area contributed by atoms with E-state index in [-0.39, 0.29) is 0 Å². The van der Waals surface area contributed by atoms with Crippen molar-refractivity contribution in [2.45, 2.75) is 5.16 Å². The third kappa shape index (κ3) is 4.67. The molecule has 0 saturated heterocycles. The molecule has 1 aromatic heterocycles. The molecule has 0 aliphatic rings. The van der Waals surface area contributed by atoms with Gasteiger partial charge in [0, 0.05) is 15.8 Å². The van der Waals surface area contributed by atoms with Gasteiger partial charge in [-0.3, -0.25) is 0 Å². The number of rotatable bonds is 8.